The van der Waals surface area contributed by atoms with Crippen LogP contribution in [0.1, 0.15) is 36.6 Å². The van der Waals surface area contributed by atoms with E-state index in [1.807, 2.05) is 6.07 Å². The molecule has 150 valence electrons. The quantitative estimate of drug-likeness (QED) is 0.779. The van der Waals surface area contributed by atoms with Crippen LogP contribution in [0, 0.1) is 17.8 Å². The van der Waals surface area contributed by atoms with Crippen molar-refractivity contribution in [1.82, 2.24) is 9.88 Å². The second kappa shape index (κ2) is 6.78. The number of hydrogen-bond acceptors (Lipinski definition) is 5. The molecule has 0 radical (unpaired) electrons. The fourth-order valence-corrected chi connectivity index (χ4v) is 5.96. The van der Waals surface area contributed by atoms with E-state index < -0.39 is 12.0 Å². The smallest absolute Gasteiger partial charge is 0.311 e. The molecule has 6 nitrogen and oxygen atoms in total. The van der Waals surface area contributed by atoms with Crippen molar-refractivity contribution in [3.8, 4) is 5.75 Å². The van der Waals surface area contributed by atoms with E-state index in [0.29, 0.717) is 12.3 Å². The van der Waals surface area contributed by atoms with Gasteiger partial charge in [-0.25, -0.2) is 0 Å². The summed E-state index contributed by atoms with van der Waals surface area (Å²) in [5.41, 5.74) is 3.79. The monoisotopic (exact) mass is 384 g/mol. The predicted molar refractivity (Wildman–Crippen MR) is 105 cm³/mol. The van der Waals surface area contributed by atoms with E-state index in [1.165, 1.54) is 23.8 Å². The lowest BCUT2D eigenvalue weighted by Gasteiger charge is -2.50. The Morgan fingerprint density at radius 1 is 1.29 bits per heavy atom. The first-order valence-electron chi connectivity index (χ1n) is 10.3. The molecule has 0 spiro atoms. The number of methoxy groups -OCH3 is 2. The summed E-state index contributed by atoms with van der Waals surface area (Å²) in [6.07, 6.45) is 3.00. The number of carbonyl (C=O) groups is 1. The van der Waals surface area contributed by atoms with Gasteiger partial charge in [-0.2, -0.15) is 0 Å². The molecule has 5 atom stereocenters. The van der Waals surface area contributed by atoms with Crippen LogP contribution in [0.2, 0.25) is 0 Å². The van der Waals surface area contributed by atoms with Crippen molar-refractivity contribution < 1.29 is 19.4 Å². The van der Waals surface area contributed by atoms with Gasteiger partial charge in [-0.05, 0) is 61.3 Å². The van der Waals surface area contributed by atoms with Crippen LogP contribution in [-0.4, -0.2) is 54.4 Å². The van der Waals surface area contributed by atoms with Crippen molar-refractivity contribution in [3.63, 3.8) is 0 Å². The first-order chi connectivity index (χ1) is 13.6. The molecule has 28 heavy (non-hydrogen) atoms. The van der Waals surface area contributed by atoms with E-state index in [1.54, 1.807) is 7.11 Å². The van der Waals surface area contributed by atoms with Gasteiger partial charge in [0.05, 0.1) is 32.3 Å². The number of hydrogen-bond donors (Lipinski definition) is 2. The SMILES string of the molecule is COC(=O)[C@@H]1[C@@H]2C[C@H]3c4[nH]c5ccc(OC)cc5c4CCN3C[C@H]2CC[C@H]1O. The maximum atomic E-state index is 12.4. The van der Waals surface area contributed by atoms with Crippen molar-refractivity contribution in [2.45, 2.75) is 37.8 Å². The van der Waals surface area contributed by atoms with Gasteiger partial charge in [0.1, 0.15) is 5.75 Å². The highest BCUT2D eigenvalue weighted by atomic mass is 16.5. The van der Waals surface area contributed by atoms with E-state index in [2.05, 4.69) is 22.0 Å². The van der Waals surface area contributed by atoms with E-state index in [4.69, 9.17) is 9.47 Å². The molecular weight excluding hydrogens is 356 g/mol. The van der Waals surface area contributed by atoms with Gasteiger partial charge in [-0.3, -0.25) is 9.69 Å². The van der Waals surface area contributed by atoms with Crippen molar-refractivity contribution in [2.75, 3.05) is 27.3 Å². The summed E-state index contributed by atoms with van der Waals surface area (Å²) in [7, 11) is 3.13. The van der Waals surface area contributed by atoms with Gasteiger partial charge in [0.15, 0.2) is 0 Å². The number of carbonyl (C=O) groups excluding carboxylic acids is 1. The number of benzene rings is 1. The Kier molecular flexibility index (Phi) is 4.36. The Morgan fingerprint density at radius 3 is 2.93 bits per heavy atom. The van der Waals surface area contributed by atoms with Crippen molar-refractivity contribution >= 4 is 16.9 Å². The first kappa shape index (κ1) is 18.0. The Hall–Kier alpha value is -2.05. The first-order valence-corrected chi connectivity index (χ1v) is 10.3. The molecule has 3 heterocycles. The molecule has 1 saturated carbocycles. The number of aliphatic hydroxyl groups is 1. The highest BCUT2D eigenvalue weighted by molar-refractivity contribution is 5.86. The zero-order valence-electron chi connectivity index (χ0n) is 16.5. The van der Waals surface area contributed by atoms with Gasteiger partial charge in [0.2, 0.25) is 0 Å². The number of esters is 1. The van der Waals surface area contributed by atoms with Gasteiger partial charge in [-0.15, -0.1) is 0 Å². The molecule has 2 aliphatic heterocycles. The standard InChI is InChI=1S/C22H28N2O4/c1-27-13-4-5-17-16(9-13)14-7-8-24-11-12-3-6-19(25)20(22(26)28-2)15(12)10-18(24)21(14)23-17/h4-5,9,12,15,18-20,23,25H,3,6-8,10-11H2,1-2H3/t12-,15-,18+,19-,20-/m1/s1. The molecule has 1 aromatic carbocycles. The highest BCUT2D eigenvalue weighted by Crippen LogP contribution is 2.49. The predicted octanol–water partition coefficient (Wildman–Crippen LogP) is 2.66. The number of nitrogens with zero attached hydrogens (tertiary/aromatic N) is 1. The normalized spacial score (nSPS) is 32.3. The van der Waals surface area contributed by atoms with Gasteiger partial charge in [-0.1, -0.05) is 0 Å². The van der Waals surface area contributed by atoms with Gasteiger partial charge in [0.25, 0.3) is 0 Å². The highest BCUT2D eigenvalue weighted by Gasteiger charge is 2.49. The number of piperidine rings is 1. The lowest BCUT2D eigenvalue weighted by atomic mass is 9.65. The van der Waals surface area contributed by atoms with E-state index in [0.717, 1.165) is 43.6 Å². The molecule has 3 aliphatic rings. The van der Waals surface area contributed by atoms with Crippen LogP contribution in [0.15, 0.2) is 18.2 Å². The van der Waals surface area contributed by atoms with E-state index in [-0.39, 0.29) is 17.9 Å². The third-order valence-electron chi connectivity index (χ3n) is 7.32. The van der Waals surface area contributed by atoms with Crippen LogP contribution < -0.4 is 4.74 Å². The molecule has 1 aliphatic carbocycles. The number of nitrogens with one attached hydrogen (secondary N) is 1. The number of aromatic amines is 1. The summed E-state index contributed by atoms with van der Waals surface area (Å²) < 4.78 is 10.5. The average molecular weight is 384 g/mol. The van der Waals surface area contributed by atoms with Crippen molar-refractivity contribution in [1.29, 1.82) is 0 Å². The Balaban J connectivity index is 1.52. The fraction of sp³-hybridized carbons (Fsp3) is 0.591. The summed E-state index contributed by atoms with van der Waals surface area (Å²) >= 11 is 0. The zero-order chi connectivity index (χ0) is 19.4. The number of fused-ring (bicyclic) bond motifs is 6. The fourth-order valence-electron chi connectivity index (χ4n) is 5.96. The summed E-state index contributed by atoms with van der Waals surface area (Å²) in [6.45, 7) is 2.03. The van der Waals surface area contributed by atoms with Gasteiger partial charge in [0, 0.05) is 29.7 Å². The molecule has 5 rings (SSSR count). The van der Waals surface area contributed by atoms with Crippen molar-refractivity contribution in [2.24, 2.45) is 17.8 Å². The lowest BCUT2D eigenvalue weighted by molar-refractivity contribution is -0.160. The molecule has 1 aromatic heterocycles. The molecule has 0 bridgehead atoms. The average Bonchev–Trinajstić information content (AvgIpc) is 3.10. The molecule has 6 heteroatoms. The number of rotatable bonds is 2. The number of aromatic nitrogens is 1. The third-order valence-corrected chi connectivity index (χ3v) is 7.32. The van der Waals surface area contributed by atoms with Gasteiger partial charge >= 0.3 is 5.97 Å². The zero-order valence-corrected chi connectivity index (χ0v) is 16.5. The van der Waals surface area contributed by atoms with Crippen LogP contribution in [-0.2, 0) is 16.0 Å². The molecule has 1 saturated heterocycles. The second-order valence-corrected chi connectivity index (χ2v) is 8.54. The van der Waals surface area contributed by atoms with Gasteiger partial charge < -0.3 is 19.6 Å². The summed E-state index contributed by atoms with van der Waals surface area (Å²) in [5, 5.41) is 11.8. The van der Waals surface area contributed by atoms with E-state index >= 15 is 0 Å². The van der Waals surface area contributed by atoms with Crippen molar-refractivity contribution in [3.05, 3.63) is 29.5 Å². The van der Waals surface area contributed by atoms with Crippen LogP contribution >= 0.6 is 0 Å². The molecular formula is C22H28N2O4. The Bertz CT molecular complexity index is 907. The maximum absolute atomic E-state index is 12.4. The summed E-state index contributed by atoms with van der Waals surface area (Å²) in [4.78, 5) is 18.7. The van der Waals surface area contributed by atoms with Crippen LogP contribution in [0.4, 0.5) is 0 Å². The molecule has 0 unspecified atom stereocenters. The maximum Gasteiger partial charge on any atom is 0.311 e. The number of H-pyrrole nitrogens is 1. The Labute approximate surface area is 164 Å². The minimum atomic E-state index is -0.588. The second-order valence-electron chi connectivity index (χ2n) is 8.54. The molecule has 2 fully saturated rings. The minimum absolute atomic E-state index is 0.171. The topological polar surface area (TPSA) is 74.8 Å². The van der Waals surface area contributed by atoms with Crippen LogP contribution in [0.25, 0.3) is 10.9 Å². The van der Waals surface area contributed by atoms with Crippen LogP contribution in [0.5, 0.6) is 5.75 Å². The van der Waals surface area contributed by atoms with Crippen LogP contribution in [0.3, 0.4) is 0 Å². The molecule has 2 N–H and O–H groups in total. The third kappa shape index (κ3) is 2.65. The minimum Gasteiger partial charge on any atom is -0.497 e. The van der Waals surface area contributed by atoms with E-state index in [9.17, 15) is 9.90 Å². The number of aliphatic hydroxyl groups excluding tert-OH is 1. The number of ether oxygens (including phenoxy) is 2. The summed E-state index contributed by atoms with van der Waals surface area (Å²) in [5.74, 6) is 0.842. The largest absolute Gasteiger partial charge is 0.497 e. The molecule has 0 amide bonds. The summed E-state index contributed by atoms with van der Waals surface area (Å²) in [6, 6.07) is 6.46. The Morgan fingerprint density at radius 2 is 2.14 bits per heavy atom. The lowest BCUT2D eigenvalue weighted by Crippen LogP contribution is -2.53. The molecule has 2 aromatic rings.